The molecule has 0 unspecified atom stereocenters. The highest BCUT2D eigenvalue weighted by Crippen LogP contribution is 2.24. The van der Waals surface area contributed by atoms with Crippen molar-refractivity contribution in [2.75, 3.05) is 5.43 Å². The van der Waals surface area contributed by atoms with Gasteiger partial charge in [0.25, 0.3) is 0 Å². The number of rotatable bonds is 4. The third kappa shape index (κ3) is 3.14. The fourth-order valence-corrected chi connectivity index (χ4v) is 2.14. The van der Waals surface area contributed by atoms with E-state index in [1.165, 1.54) is 11.8 Å². The summed E-state index contributed by atoms with van der Waals surface area (Å²) in [6.45, 7) is 3.92. The molecule has 2 rings (SSSR count). The molecule has 2 aromatic heterocycles. The normalized spacial score (nSPS) is 10.4. The molecule has 94 valence electrons. The van der Waals surface area contributed by atoms with E-state index in [1.54, 1.807) is 12.3 Å². The Labute approximate surface area is 109 Å². The molecule has 0 aromatic carbocycles. The molecule has 0 bridgehead atoms. The standard InChI is InChI=1S/C11H14N6S/c1-3-8-15-9(17-12)6-10(16-8)18-11-13-5-4-7(2)14-11/h4-6H,3,12H2,1-2H3,(H,15,16,17). The molecule has 0 aliphatic heterocycles. The van der Waals surface area contributed by atoms with Gasteiger partial charge in [-0.1, -0.05) is 6.92 Å². The minimum atomic E-state index is 0.594. The van der Waals surface area contributed by atoms with Gasteiger partial charge >= 0.3 is 0 Å². The van der Waals surface area contributed by atoms with Crippen molar-refractivity contribution in [3.63, 3.8) is 0 Å². The molecule has 0 atom stereocenters. The first kappa shape index (κ1) is 12.7. The van der Waals surface area contributed by atoms with Gasteiger partial charge in [-0.15, -0.1) is 0 Å². The van der Waals surface area contributed by atoms with Crippen molar-refractivity contribution < 1.29 is 0 Å². The maximum Gasteiger partial charge on any atom is 0.194 e. The molecular formula is C11H14N6S. The van der Waals surface area contributed by atoms with Crippen molar-refractivity contribution in [1.29, 1.82) is 0 Å². The maximum absolute atomic E-state index is 5.38. The number of hydrazine groups is 1. The van der Waals surface area contributed by atoms with Gasteiger partial charge < -0.3 is 5.43 Å². The minimum absolute atomic E-state index is 0.594. The number of anilines is 1. The second kappa shape index (κ2) is 5.74. The van der Waals surface area contributed by atoms with Crippen LogP contribution in [-0.2, 0) is 6.42 Å². The average Bonchev–Trinajstić information content (AvgIpc) is 2.38. The quantitative estimate of drug-likeness (QED) is 0.374. The maximum atomic E-state index is 5.38. The molecular weight excluding hydrogens is 248 g/mol. The summed E-state index contributed by atoms with van der Waals surface area (Å²) in [7, 11) is 0. The van der Waals surface area contributed by atoms with Crippen molar-refractivity contribution in [3.05, 3.63) is 29.8 Å². The molecule has 6 nitrogen and oxygen atoms in total. The van der Waals surface area contributed by atoms with Crippen LogP contribution < -0.4 is 11.3 Å². The predicted octanol–water partition coefficient (Wildman–Crippen LogP) is 1.57. The molecule has 0 spiro atoms. The second-order valence-electron chi connectivity index (χ2n) is 3.59. The predicted molar refractivity (Wildman–Crippen MR) is 70.1 cm³/mol. The zero-order chi connectivity index (χ0) is 13.0. The number of aromatic nitrogens is 4. The third-order valence-corrected chi connectivity index (χ3v) is 2.98. The first-order chi connectivity index (χ1) is 8.71. The number of nitrogen functional groups attached to an aromatic ring is 1. The highest BCUT2D eigenvalue weighted by Gasteiger charge is 2.06. The Hall–Kier alpha value is -1.73. The largest absolute Gasteiger partial charge is 0.308 e. The van der Waals surface area contributed by atoms with Crippen LogP contribution >= 0.6 is 11.8 Å². The summed E-state index contributed by atoms with van der Waals surface area (Å²) in [6.07, 6.45) is 2.48. The van der Waals surface area contributed by atoms with Crippen LogP contribution in [0.15, 0.2) is 28.5 Å². The van der Waals surface area contributed by atoms with Crippen LogP contribution in [0.4, 0.5) is 5.82 Å². The van der Waals surface area contributed by atoms with E-state index in [0.29, 0.717) is 11.0 Å². The number of nitrogens with one attached hydrogen (secondary N) is 1. The number of nitrogens with zero attached hydrogens (tertiary/aromatic N) is 4. The van der Waals surface area contributed by atoms with Gasteiger partial charge in [0.05, 0.1) is 0 Å². The Morgan fingerprint density at radius 3 is 2.83 bits per heavy atom. The molecule has 0 saturated heterocycles. The summed E-state index contributed by atoms with van der Waals surface area (Å²) in [5, 5.41) is 1.44. The molecule has 18 heavy (non-hydrogen) atoms. The van der Waals surface area contributed by atoms with Gasteiger partial charge in [0.2, 0.25) is 0 Å². The lowest BCUT2D eigenvalue weighted by Gasteiger charge is -2.05. The van der Waals surface area contributed by atoms with Gasteiger partial charge in [-0.05, 0) is 24.8 Å². The fraction of sp³-hybridized carbons (Fsp3) is 0.273. The highest BCUT2D eigenvalue weighted by atomic mass is 32.2. The molecule has 2 aromatic rings. The number of nitrogens with two attached hydrogens (primary N) is 1. The van der Waals surface area contributed by atoms with Gasteiger partial charge in [0.1, 0.15) is 16.7 Å². The van der Waals surface area contributed by atoms with Crippen LogP contribution in [0, 0.1) is 6.92 Å². The Morgan fingerprint density at radius 1 is 1.33 bits per heavy atom. The van der Waals surface area contributed by atoms with Gasteiger partial charge in [-0.2, -0.15) is 0 Å². The summed E-state index contributed by atoms with van der Waals surface area (Å²) in [6, 6.07) is 3.63. The number of hydrogen-bond acceptors (Lipinski definition) is 7. The van der Waals surface area contributed by atoms with Crippen LogP contribution in [0.3, 0.4) is 0 Å². The van der Waals surface area contributed by atoms with Crippen molar-refractivity contribution in [1.82, 2.24) is 19.9 Å². The molecule has 3 N–H and O–H groups in total. The molecule has 0 aliphatic rings. The van der Waals surface area contributed by atoms with E-state index in [0.717, 1.165) is 23.0 Å². The third-order valence-electron chi connectivity index (χ3n) is 2.18. The molecule has 0 aliphatic carbocycles. The SMILES string of the molecule is CCc1nc(NN)cc(Sc2nccc(C)n2)n1. The summed E-state index contributed by atoms with van der Waals surface area (Å²) < 4.78 is 0. The van der Waals surface area contributed by atoms with Crippen LogP contribution in [0.5, 0.6) is 0 Å². The zero-order valence-corrected chi connectivity index (χ0v) is 11.0. The van der Waals surface area contributed by atoms with E-state index < -0.39 is 0 Å². The molecule has 0 amide bonds. The summed E-state index contributed by atoms with van der Waals surface area (Å²) in [5.74, 6) is 6.71. The van der Waals surface area contributed by atoms with Crippen LogP contribution in [0.1, 0.15) is 18.4 Å². The Morgan fingerprint density at radius 2 is 2.17 bits per heavy atom. The van der Waals surface area contributed by atoms with Gasteiger partial charge in [0, 0.05) is 24.4 Å². The Balaban J connectivity index is 2.28. The average molecular weight is 262 g/mol. The molecule has 0 saturated carbocycles. The van der Waals surface area contributed by atoms with Crippen molar-refractivity contribution in [2.24, 2.45) is 5.84 Å². The van der Waals surface area contributed by atoms with Crippen LogP contribution in [0.2, 0.25) is 0 Å². The lowest BCUT2D eigenvalue weighted by atomic mass is 10.4. The van der Waals surface area contributed by atoms with E-state index in [1.807, 2.05) is 19.9 Å². The summed E-state index contributed by atoms with van der Waals surface area (Å²) in [4.78, 5) is 17.1. The number of aryl methyl sites for hydroxylation is 2. The highest BCUT2D eigenvalue weighted by molar-refractivity contribution is 7.99. The zero-order valence-electron chi connectivity index (χ0n) is 10.2. The van der Waals surface area contributed by atoms with Gasteiger partial charge in [-0.3, -0.25) is 0 Å². The number of hydrogen-bond donors (Lipinski definition) is 2. The summed E-state index contributed by atoms with van der Waals surface area (Å²) in [5.41, 5.74) is 3.46. The van der Waals surface area contributed by atoms with Crippen molar-refractivity contribution in [2.45, 2.75) is 30.5 Å². The van der Waals surface area contributed by atoms with Gasteiger partial charge in [-0.25, -0.2) is 25.8 Å². The molecule has 2 heterocycles. The molecule has 0 radical (unpaired) electrons. The van der Waals surface area contributed by atoms with Gasteiger partial charge in [0.15, 0.2) is 5.16 Å². The van der Waals surface area contributed by atoms with E-state index in [-0.39, 0.29) is 0 Å². The van der Waals surface area contributed by atoms with Crippen LogP contribution in [0.25, 0.3) is 0 Å². The summed E-state index contributed by atoms with van der Waals surface area (Å²) >= 11 is 1.39. The minimum Gasteiger partial charge on any atom is -0.308 e. The Kier molecular flexibility index (Phi) is 4.06. The monoisotopic (exact) mass is 262 g/mol. The Bertz CT molecular complexity index is 523. The van der Waals surface area contributed by atoms with E-state index in [2.05, 4.69) is 25.4 Å². The lowest BCUT2D eigenvalue weighted by molar-refractivity contribution is 0.879. The van der Waals surface area contributed by atoms with Crippen molar-refractivity contribution >= 4 is 17.6 Å². The first-order valence-electron chi connectivity index (χ1n) is 5.53. The van der Waals surface area contributed by atoms with E-state index in [9.17, 15) is 0 Å². The van der Waals surface area contributed by atoms with E-state index >= 15 is 0 Å². The van der Waals surface area contributed by atoms with Crippen molar-refractivity contribution in [3.8, 4) is 0 Å². The lowest BCUT2D eigenvalue weighted by Crippen LogP contribution is -2.10. The smallest absolute Gasteiger partial charge is 0.194 e. The first-order valence-corrected chi connectivity index (χ1v) is 6.35. The van der Waals surface area contributed by atoms with E-state index in [4.69, 9.17) is 5.84 Å². The topological polar surface area (TPSA) is 89.6 Å². The second-order valence-corrected chi connectivity index (χ2v) is 4.58. The molecule has 7 heteroatoms. The van der Waals surface area contributed by atoms with Crippen LogP contribution in [-0.4, -0.2) is 19.9 Å². The molecule has 0 fully saturated rings. The fourth-order valence-electron chi connectivity index (χ4n) is 1.33.